The third kappa shape index (κ3) is 5.44. The highest BCUT2D eigenvalue weighted by atomic mass is 32.2. The fourth-order valence-corrected chi connectivity index (χ4v) is 5.93. The Morgan fingerprint density at radius 1 is 1.18 bits per heavy atom. The van der Waals surface area contributed by atoms with E-state index in [1.165, 1.54) is 16.1 Å². The van der Waals surface area contributed by atoms with Crippen molar-refractivity contribution in [3.8, 4) is 5.75 Å². The van der Waals surface area contributed by atoms with Gasteiger partial charge in [-0.05, 0) is 68.4 Å². The minimum absolute atomic E-state index is 0.308. The molecule has 2 aromatic rings. The third-order valence-corrected chi connectivity index (χ3v) is 8.25. The summed E-state index contributed by atoms with van der Waals surface area (Å²) in [6, 6.07) is 9.38. The van der Waals surface area contributed by atoms with Crippen LogP contribution in [-0.4, -0.2) is 56.3 Å². The lowest BCUT2D eigenvalue weighted by Gasteiger charge is -2.21. The molecule has 2 heterocycles. The van der Waals surface area contributed by atoms with Crippen LogP contribution in [0.1, 0.15) is 44.2 Å². The quantitative estimate of drug-likeness (QED) is 0.515. The van der Waals surface area contributed by atoms with Gasteiger partial charge >= 0.3 is 10.2 Å². The number of nitrogens with two attached hydrogens (primary N) is 1. The van der Waals surface area contributed by atoms with E-state index in [2.05, 4.69) is 29.2 Å². The number of benzene rings is 1. The molecule has 1 aliphatic heterocycles. The third-order valence-electron chi connectivity index (χ3n) is 6.28. The molecule has 0 saturated carbocycles. The molecule has 184 valence electrons. The van der Waals surface area contributed by atoms with E-state index in [-0.39, 0.29) is 0 Å². The summed E-state index contributed by atoms with van der Waals surface area (Å²) < 4.78 is 34.8. The molecule has 34 heavy (non-hydrogen) atoms. The topological polar surface area (TPSA) is 110 Å². The molecule has 0 unspecified atom stereocenters. The van der Waals surface area contributed by atoms with Gasteiger partial charge in [-0.3, -0.25) is 4.31 Å². The fourth-order valence-electron chi connectivity index (χ4n) is 4.31. The number of ether oxygens (including phenoxy) is 1. The van der Waals surface area contributed by atoms with Crippen LogP contribution in [0, 0.1) is 5.92 Å². The lowest BCUT2D eigenvalue weighted by Crippen LogP contribution is -2.34. The smallest absolute Gasteiger partial charge is 0.304 e. The van der Waals surface area contributed by atoms with Crippen LogP contribution in [0.5, 0.6) is 5.75 Å². The van der Waals surface area contributed by atoms with Crippen LogP contribution in [0.2, 0.25) is 0 Å². The largest absolute Gasteiger partial charge is 0.494 e. The molecular formula is C24H33N5O4S. The number of hydrogen-bond donors (Lipinski definition) is 1. The van der Waals surface area contributed by atoms with Gasteiger partial charge in [0.05, 0.1) is 18.0 Å². The molecule has 1 aromatic heterocycles. The molecule has 2 aliphatic rings. The summed E-state index contributed by atoms with van der Waals surface area (Å²) in [7, 11) is -3.54. The predicted molar refractivity (Wildman–Crippen MR) is 133 cm³/mol. The first-order valence-electron chi connectivity index (χ1n) is 11.8. The Bertz CT molecular complexity index is 1140. The monoisotopic (exact) mass is 487 g/mol. The maximum Gasteiger partial charge on any atom is 0.304 e. The number of pyridine rings is 1. The first-order chi connectivity index (χ1) is 16.4. The second-order valence-corrected chi connectivity index (χ2v) is 10.6. The van der Waals surface area contributed by atoms with E-state index in [1.54, 1.807) is 16.4 Å². The Morgan fingerprint density at radius 3 is 2.82 bits per heavy atom. The summed E-state index contributed by atoms with van der Waals surface area (Å²) >= 11 is 0. The molecule has 9 nitrogen and oxygen atoms in total. The molecule has 1 atom stereocenters. The molecule has 2 N–H and O–H groups in total. The summed E-state index contributed by atoms with van der Waals surface area (Å²) in [6.07, 6.45) is 4.99. The predicted octanol–water partition coefficient (Wildman–Crippen LogP) is 3.21. The molecule has 10 heteroatoms. The van der Waals surface area contributed by atoms with Crippen LogP contribution in [-0.2, 0) is 21.5 Å². The summed E-state index contributed by atoms with van der Waals surface area (Å²) in [6.45, 7) is 6.59. The van der Waals surface area contributed by atoms with Crippen LogP contribution in [0.25, 0.3) is 0 Å². The Labute approximate surface area is 201 Å². The van der Waals surface area contributed by atoms with E-state index in [0.717, 1.165) is 42.7 Å². The Balaban J connectivity index is 1.23. The maximum absolute atomic E-state index is 12.9. The lowest BCUT2D eigenvalue weighted by atomic mass is 10.0. The standard InChI is InChI=1S/C24H33N5O4S/c1-3-33-27-23-7-4-19-16-21(5-6-22(19)23)32-15-10-18(2)9-12-28-13-14-29(34(28,30)31)20-8-11-26-24(25)17-20/h5-6,8,11,16-18H,3-4,7,9-10,12-15H2,1-2H3,(H2,25,26)/b27-23+/t18-/m0/s1. The van der Waals surface area contributed by atoms with Crippen molar-refractivity contribution in [3.63, 3.8) is 0 Å². The molecule has 1 aliphatic carbocycles. The summed E-state index contributed by atoms with van der Waals surface area (Å²) in [5, 5.41) is 4.20. The van der Waals surface area contributed by atoms with Crippen molar-refractivity contribution in [3.05, 3.63) is 47.7 Å². The van der Waals surface area contributed by atoms with Crippen molar-refractivity contribution >= 4 is 27.4 Å². The number of rotatable bonds is 10. The number of aryl methyl sites for hydroxylation is 1. The average Bonchev–Trinajstić information content (AvgIpc) is 3.35. The van der Waals surface area contributed by atoms with Crippen molar-refractivity contribution in [1.82, 2.24) is 9.29 Å². The molecule has 4 rings (SSSR count). The van der Waals surface area contributed by atoms with Gasteiger partial charge in [0.1, 0.15) is 18.2 Å². The average molecular weight is 488 g/mol. The van der Waals surface area contributed by atoms with E-state index in [4.69, 9.17) is 15.3 Å². The van der Waals surface area contributed by atoms with Crippen LogP contribution >= 0.6 is 0 Å². The van der Waals surface area contributed by atoms with Crippen LogP contribution in [0.15, 0.2) is 41.7 Å². The van der Waals surface area contributed by atoms with Crippen LogP contribution in [0.4, 0.5) is 11.5 Å². The van der Waals surface area contributed by atoms with Crippen LogP contribution < -0.4 is 14.8 Å². The van der Waals surface area contributed by atoms with Crippen molar-refractivity contribution in [2.45, 2.75) is 39.5 Å². The van der Waals surface area contributed by atoms with Gasteiger partial charge in [-0.2, -0.15) is 12.7 Å². The fraction of sp³-hybridized carbons (Fsp3) is 0.500. The van der Waals surface area contributed by atoms with Gasteiger partial charge in [-0.1, -0.05) is 12.1 Å². The molecule has 0 amide bonds. The number of anilines is 2. The van der Waals surface area contributed by atoms with E-state index < -0.39 is 10.2 Å². The number of fused-ring (bicyclic) bond motifs is 1. The van der Waals surface area contributed by atoms with Gasteiger partial charge < -0.3 is 15.3 Å². The molecule has 0 bridgehead atoms. The van der Waals surface area contributed by atoms with Crippen LogP contribution in [0.3, 0.4) is 0 Å². The number of aromatic nitrogens is 1. The van der Waals surface area contributed by atoms with Gasteiger partial charge in [-0.15, -0.1) is 0 Å². The highest BCUT2D eigenvalue weighted by Gasteiger charge is 2.36. The maximum atomic E-state index is 12.9. The molecule has 0 spiro atoms. The second kappa shape index (κ2) is 10.6. The van der Waals surface area contributed by atoms with E-state index in [0.29, 0.717) is 50.3 Å². The first kappa shape index (κ1) is 24.3. The highest BCUT2D eigenvalue weighted by Crippen LogP contribution is 2.28. The van der Waals surface area contributed by atoms with Gasteiger partial charge in [-0.25, -0.2) is 4.98 Å². The van der Waals surface area contributed by atoms with Crippen molar-refractivity contribution in [2.75, 3.05) is 42.9 Å². The molecule has 1 saturated heterocycles. The molecule has 0 radical (unpaired) electrons. The van der Waals surface area contributed by atoms with Gasteiger partial charge in [0, 0.05) is 37.5 Å². The first-order valence-corrected chi connectivity index (χ1v) is 13.2. The zero-order valence-electron chi connectivity index (χ0n) is 19.8. The minimum Gasteiger partial charge on any atom is -0.494 e. The zero-order chi connectivity index (χ0) is 24.1. The zero-order valence-corrected chi connectivity index (χ0v) is 20.6. The minimum atomic E-state index is -3.54. The Hall–Kier alpha value is -2.85. The second-order valence-electron chi connectivity index (χ2n) is 8.72. The molecule has 1 fully saturated rings. The highest BCUT2D eigenvalue weighted by molar-refractivity contribution is 7.90. The normalized spacial score (nSPS) is 19.4. The Morgan fingerprint density at radius 2 is 2.03 bits per heavy atom. The lowest BCUT2D eigenvalue weighted by molar-refractivity contribution is 0.158. The van der Waals surface area contributed by atoms with Gasteiger partial charge in [0.2, 0.25) is 0 Å². The van der Waals surface area contributed by atoms with Crippen molar-refractivity contribution in [2.24, 2.45) is 11.1 Å². The van der Waals surface area contributed by atoms with Gasteiger partial charge in [0.25, 0.3) is 0 Å². The summed E-state index contributed by atoms with van der Waals surface area (Å²) in [5.41, 5.74) is 9.66. The number of hydrogen-bond acceptors (Lipinski definition) is 7. The van der Waals surface area contributed by atoms with E-state index in [9.17, 15) is 8.42 Å². The number of nitrogens with zero attached hydrogens (tertiary/aromatic N) is 4. The van der Waals surface area contributed by atoms with Crippen molar-refractivity contribution < 1.29 is 18.0 Å². The molecular weight excluding hydrogens is 454 g/mol. The van der Waals surface area contributed by atoms with E-state index >= 15 is 0 Å². The number of oxime groups is 1. The number of nitrogen functional groups attached to an aromatic ring is 1. The Kier molecular flexibility index (Phi) is 7.57. The SMILES string of the molecule is CCO/N=C1\CCc2cc(OCC[C@@H](C)CCN3CCN(c4ccnc(N)c4)S3(=O)=O)ccc21. The molecule has 1 aromatic carbocycles. The van der Waals surface area contributed by atoms with Gasteiger partial charge in [0.15, 0.2) is 0 Å². The summed E-state index contributed by atoms with van der Waals surface area (Å²) in [5.74, 6) is 1.50. The van der Waals surface area contributed by atoms with Crippen molar-refractivity contribution in [1.29, 1.82) is 0 Å². The summed E-state index contributed by atoms with van der Waals surface area (Å²) in [4.78, 5) is 9.15. The van der Waals surface area contributed by atoms with E-state index in [1.807, 2.05) is 13.0 Å².